The molecule has 0 unspecified atom stereocenters. The number of benzene rings is 4. The number of aliphatic imine (C=N–C) groups is 1. The molecule has 0 N–H and O–H groups in total. The van der Waals surface area contributed by atoms with E-state index in [0.717, 1.165) is 22.4 Å². The van der Waals surface area contributed by atoms with Crippen molar-refractivity contribution in [3.63, 3.8) is 0 Å². The zero-order valence-corrected chi connectivity index (χ0v) is 15.4. The molecule has 0 saturated carbocycles. The summed E-state index contributed by atoms with van der Waals surface area (Å²) >= 11 is 0. The minimum absolute atomic E-state index is 0.938. The van der Waals surface area contributed by atoms with Crippen molar-refractivity contribution >= 4 is 11.9 Å². The first kappa shape index (κ1) is 17.5. The molecule has 0 aromatic heterocycles. The molecule has 0 spiro atoms. The molecule has 0 heterocycles. The molecule has 4 aromatic rings. The average Bonchev–Trinajstić information content (AvgIpc) is 2.79. The number of hydrogen-bond donors (Lipinski definition) is 0. The van der Waals surface area contributed by atoms with Gasteiger partial charge >= 0.3 is 0 Å². The van der Waals surface area contributed by atoms with Crippen LogP contribution < -0.4 is 0 Å². The third-order valence-corrected chi connectivity index (χ3v) is 4.37. The second-order valence-corrected chi connectivity index (χ2v) is 6.41. The van der Waals surface area contributed by atoms with E-state index >= 15 is 0 Å². The van der Waals surface area contributed by atoms with Gasteiger partial charge in [0.05, 0.1) is 5.69 Å². The van der Waals surface area contributed by atoms with Crippen molar-refractivity contribution in [3.05, 3.63) is 126 Å². The quantitative estimate of drug-likeness (QED) is 0.293. The third kappa shape index (κ3) is 4.63. The van der Waals surface area contributed by atoms with Crippen LogP contribution in [0.5, 0.6) is 0 Å². The Hall–Kier alpha value is -3.89. The Labute approximate surface area is 166 Å². The lowest BCUT2D eigenvalue weighted by Crippen LogP contribution is -1.82. The van der Waals surface area contributed by atoms with E-state index in [9.17, 15) is 0 Å². The lowest BCUT2D eigenvalue weighted by atomic mass is 10.1. The normalized spacial score (nSPS) is 10.4. The minimum Gasteiger partial charge on any atom is -0.256 e. The summed E-state index contributed by atoms with van der Waals surface area (Å²) in [5.41, 5.74) is 6.41. The van der Waals surface area contributed by atoms with Gasteiger partial charge in [-0.3, -0.25) is 4.99 Å². The van der Waals surface area contributed by atoms with E-state index in [1.807, 2.05) is 79.0 Å². The molecule has 0 saturated heterocycles. The monoisotopic (exact) mass is 357 g/mol. The summed E-state index contributed by atoms with van der Waals surface area (Å²) < 4.78 is 0. The van der Waals surface area contributed by atoms with Crippen LogP contribution in [0.4, 0.5) is 5.69 Å². The first-order chi connectivity index (χ1) is 13.9. The Bertz CT molecular complexity index is 1110. The predicted molar refractivity (Wildman–Crippen MR) is 118 cm³/mol. The maximum absolute atomic E-state index is 4.57. The summed E-state index contributed by atoms with van der Waals surface area (Å²) in [6.07, 6.45) is 1.88. The highest BCUT2D eigenvalue weighted by atomic mass is 14.7. The van der Waals surface area contributed by atoms with Crippen molar-refractivity contribution in [1.82, 2.24) is 0 Å². The molecule has 4 aromatic carbocycles. The van der Waals surface area contributed by atoms with Crippen molar-refractivity contribution in [1.29, 1.82) is 0 Å². The van der Waals surface area contributed by atoms with Crippen molar-refractivity contribution in [2.75, 3.05) is 0 Å². The van der Waals surface area contributed by atoms with E-state index in [1.54, 1.807) is 0 Å². The number of rotatable bonds is 3. The van der Waals surface area contributed by atoms with Gasteiger partial charge in [0.15, 0.2) is 0 Å². The van der Waals surface area contributed by atoms with E-state index in [2.05, 4.69) is 53.2 Å². The summed E-state index contributed by atoms with van der Waals surface area (Å²) in [4.78, 5) is 4.57. The lowest BCUT2D eigenvalue weighted by Gasteiger charge is -2.01. The molecule has 4 rings (SSSR count). The maximum Gasteiger partial charge on any atom is 0.0630 e. The summed E-state index contributed by atoms with van der Waals surface area (Å²) in [6, 6.07) is 36.8. The topological polar surface area (TPSA) is 12.4 Å². The zero-order chi connectivity index (χ0) is 19.0. The lowest BCUT2D eigenvalue weighted by molar-refractivity contribution is 1.51. The van der Waals surface area contributed by atoms with E-state index in [4.69, 9.17) is 0 Å². The van der Waals surface area contributed by atoms with E-state index in [1.165, 1.54) is 11.1 Å². The van der Waals surface area contributed by atoms with Gasteiger partial charge in [-0.15, -0.1) is 0 Å². The Balaban J connectivity index is 1.43. The summed E-state index contributed by atoms with van der Waals surface area (Å²) in [5, 5.41) is 0. The highest BCUT2D eigenvalue weighted by Gasteiger charge is 1.96. The highest BCUT2D eigenvalue weighted by Crippen LogP contribution is 2.22. The number of nitrogens with zero attached hydrogens (tertiary/aromatic N) is 1. The fourth-order valence-corrected chi connectivity index (χ4v) is 2.84. The van der Waals surface area contributed by atoms with Gasteiger partial charge in [0.25, 0.3) is 0 Å². The second kappa shape index (κ2) is 8.66. The van der Waals surface area contributed by atoms with Crippen LogP contribution in [0.3, 0.4) is 0 Å². The summed E-state index contributed by atoms with van der Waals surface area (Å²) in [5.74, 6) is 6.36. The van der Waals surface area contributed by atoms with Crippen LogP contribution in [0.1, 0.15) is 16.7 Å². The fourth-order valence-electron chi connectivity index (χ4n) is 2.84. The van der Waals surface area contributed by atoms with Crippen LogP contribution in [0, 0.1) is 11.8 Å². The Morgan fingerprint density at radius 3 is 1.68 bits per heavy atom. The molecule has 0 amide bonds. The van der Waals surface area contributed by atoms with Crippen LogP contribution in [-0.4, -0.2) is 6.21 Å². The first-order valence-corrected chi connectivity index (χ1v) is 9.23. The Kier molecular flexibility index (Phi) is 5.42. The van der Waals surface area contributed by atoms with E-state index in [0.29, 0.717) is 0 Å². The molecule has 0 aliphatic heterocycles. The molecule has 0 atom stereocenters. The van der Waals surface area contributed by atoms with Gasteiger partial charge < -0.3 is 0 Å². The van der Waals surface area contributed by atoms with E-state index < -0.39 is 0 Å². The highest BCUT2D eigenvalue weighted by molar-refractivity contribution is 5.82. The fraction of sp³-hybridized carbons (Fsp3) is 0. The number of hydrogen-bond acceptors (Lipinski definition) is 1. The van der Waals surface area contributed by atoms with Gasteiger partial charge in [0, 0.05) is 17.3 Å². The minimum atomic E-state index is 0.938. The molecule has 0 aliphatic rings. The van der Waals surface area contributed by atoms with Crippen molar-refractivity contribution in [2.24, 2.45) is 4.99 Å². The molecule has 0 bridgehead atoms. The van der Waals surface area contributed by atoms with Crippen LogP contribution in [-0.2, 0) is 0 Å². The van der Waals surface area contributed by atoms with Crippen LogP contribution in [0.15, 0.2) is 114 Å². The van der Waals surface area contributed by atoms with Gasteiger partial charge in [-0.2, -0.15) is 0 Å². The summed E-state index contributed by atoms with van der Waals surface area (Å²) in [7, 11) is 0. The van der Waals surface area contributed by atoms with E-state index in [-0.39, 0.29) is 0 Å². The molecule has 1 heteroatoms. The molecule has 1 nitrogen and oxygen atoms in total. The second-order valence-electron chi connectivity index (χ2n) is 6.41. The average molecular weight is 357 g/mol. The largest absolute Gasteiger partial charge is 0.256 e. The Morgan fingerprint density at radius 2 is 1.04 bits per heavy atom. The molecule has 28 heavy (non-hydrogen) atoms. The smallest absolute Gasteiger partial charge is 0.0630 e. The molecule has 0 aliphatic carbocycles. The third-order valence-electron chi connectivity index (χ3n) is 4.37. The SMILES string of the molecule is C(#Cc1ccc(C=Nc2ccc(-c3ccccc3)cc2)cc1)c1ccccc1. The van der Waals surface area contributed by atoms with Crippen LogP contribution in [0.25, 0.3) is 11.1 Å². The van der Waals surface area contributed by atoms with Gasteiger partial charge in [0.2, 0.25) is 0 Å². The van der Waals surface area contributed by atoms with Gasteiger partial charge in [-0.25, -0.2) is 0 Å². The van der Waals surface area contributed by atoms with Crippen LogP contribution in [0.2, 0.25) is 0 Å². The zero-order valence-electron chi connectivity index (χ0n) is 15.4. The Morgan fingerprint density at radius 1 is 0.500 bits per heavy atom. The van der Waals surface area contributed by atoms with Crippen molar-refractivity contribution in [2.45, 2.75) is 0 Å². The van der Waals surface area contributed by atoms with Crippen LogP contribution >= 0.6 is 0 Å². The molecule has 0 radical (unpaired) electrons. The molecular formula is C27H19N. The molecular weight excluding hydrogens is 338 g/mol. The van der Waals surface area contributed by atoms with Gasteiger partial charge in [-0.05, 0) is 53.1 Å². The summed E-state index contributed by atoms with van der Waals surface area (Å²) in [6.45, 7) is 0. The maximum atomic E-state index is 4.57. The van der Waals surface area contributed by atoms with Crippen molar-refractivity contribution < 1.29 is 0 Å². The first-order valence-electron chi connectivity index (χ1n) is 9.23. The molecule has 132 valence electrons. The molecule has 0 fully saturated rings. The van der Waals surface area contributed by atoms with Gasteiger partial charge in [-0.1, -0.05) is 84.6 Å². The standard InChI is InChI=1S/C27H19N/c1-3-7-22(8-4-1)11-12-23-13-15-24(16-14-23)21-28-27-19-17-26(18-20-27)25-9-5-2-6-10-25/h1-10,13-21H. The van der Waals surface area contributed by atoms with Crippen molar-refractivity contribution in [3.8, 4) is 23.0 Å². The predicted octanol–water partition coefficient (Wildman–Crippen LogP) is 6.50. The van der Waals surface area contributed by atoms with Gasteiger partial charge in [0.1, 0.15) is 0 Å².